The normalized spacial score (nSPS) is 31.1. The van der Waals surface area contributed by atoms with Crippen LogP contribution in [0.25, 0.3) is 0 Å². The highest BCUT2D eigenvalue weighted by Crippen LogP contribution is 2.43. The van der Waals surface area contributed by atoms with E-state index in [4.69, 9.17) is 18.9 Å². The van der Waals surface area contributed by atoms with Crippen LogP contribution in [0.3, 0.4) is 0 Å². The van der Waals surface area contributed by atoms with Crippen LogP contribution in [0.15, 0.2) is 12.2 Å². The van der Waals surface area contributed by atoms with Crippen LogP contribution in [-0.4, -0.2) is 32.6 Å². The lowest BCUT2D eigenvalue weighted by molar-refractivity contribution is -0.545. The zero-order valence-corrected chi connectivity index (χ0v) is 11.9. The first kappa shape index (κ1) is 13.6. The van der Waals surface area contributed by atoms with Crippen molar-refractivity contribution in [3.63, 3.8) is 0 Å². The van der Waals surface area contributed by atoms with Crippen LogP contribution in [0.1, 0.15) is 39.5 Å². The van der Waals surface area contributed by atoms with Gasteiger partial charge < -0.3 is 18.9 Å². The van der Waals surface area contributed by atoms with E-state index in [1.54, 1.807) is 0 Å². The molecule has 3 aliphatic rings. The van der Waals surface area contributed by atoms with Crippen molar-refractivity contribution in [2.45, 2.75) is 45.7 Å². The molecule has 4 nitrogen and oxygen atoms in total. The van der Waals surface area contributed by atoms with E-state index in [9.17, 15) is 0 Å². The van der Waals surface area contributed by atoms with Crippen molar-refractivity contribution in [3.8, 4) is 0 Å². The number of ether oxygens (including phenoxy) is 4. The van der Waals surface area contributed by atoms with Gasteiger partial charge in [-0.05, 0) is 25.7 Å². The fraction of sp³-hybridized carbons (Fsp3) is 0.867. The fourth-order valence-electron chi connectivity index (χ4n) is 2.97. The maximum Gasteiger partial charge on any atom is 0.412 e. The van der Waals surface area contributed by atoms with Gasteiger partial charge in [0.2, 0.25) is 0 Å². The quantitative estimate of drug-likeness (QED) is 0.722. The largest absolute Gasteiger partial charge is 0.412 e. The van der Waals surface area contributed by atoms with Crippen LogP contribution in [0.2, 0.25) is 0 Å². The summed E-state index contributed by atoms with van der Waals surface area (Å²) >= 11 is 0. The number of allylic oxidation sites excluding steroid dienone is 1. The van der Waals surface area contributed by atoms with Gasteiger partial charge in [-0.1, -0.05) is 26.0 Å². The summed E-state index contributed by atoms with van der Waals surface area (Å²) < 4.78 is 23.2. The molecular formula is C15H24O4. The average Bonchev–Trinajstić information content (AvgIpc) is 2.93. The molecule has 3 rings (SSSR count). The first-order chi connectivity index (χ1) is 9.16. The van der Waals surface area contributed by atoms with Gasteiger partial charge in [0.25, 0.3) is 0 Å². The van der Waals surface area contributed by atoms with E-state index in [1.807, 2.05) is 0 Å². The van der Waals surface area contributed by atoms with Crippen molar-refractivity contribution in [1.29, 1.82) is 0 Å². The topological polar surface area (TPSA) is 36.9 Å². The summed E-state index contributed by atoms with van der Waals surface area (Å²) in [6.07, 6.45) is 7.47. The molecule has 2 heterocycles. The molecular weight excluding hydrogens is 244 g/mol. The first-order valence-corrected chi connectivity index (χ1v) is 7.39. The summed E-state index contributed by atoms with van der Waals surface area (Å²) in [5.41, 5.74) is 0.155. The zero-order valence-electron chi connectivity index (χ0n) is 11.9. The van der Waals surface area contributed by atoms with E-state index >= 15 is 0 Å². The molecule has 0 aromatic carbocycles. The van der Waals surface area contributed by atoms with Gasteiger partial charge in [0.15, 0.2) is 0 Å². The molecule has 2 spiro atoms. The molecule has 19 heavy (non-hydrogen) atoms. The maximum absolute atomic E-state index is 5.82. The Bertz CT molecular complexity index is 339. The van der Waals surface area contributed by atoms with Gasteiger partial charge in [-0.3, -0.25) is 0 Å². The van der Waals surface area contributed by atoms with Crippen molar-refractivity contribution in [2.75, 3.05) is 26.4 Å². The molecule has 0 atom stereocenters. The summed E-state index contributed by atoms with van der Waals surface area (Å²) in [6, 6.07) is 0. The van der Waals surface area contributed by atoms with Crippen LogP contribution in [0.4, 0.5) is 0 Å². The van der Waals surface area contributed by atoms with Crippen molar-refractivity contribution >= 4 is 0 Å². The van der Waals surface area contributed by atoms with Crippen molar-refractivity contribution in [1.82, 2.24) is 0 Å². The summed E-state index contributed by atoms with van der Waals surface area (Å²) in [5, 5.41) is 0. The zero-order chi connectivity index (χ0) is 13.4. The number of hydrogen-bond acceptors (Lipinski definition) is 4. The Labute approximate surface area is 115 Å². The lowest BCUT2D eigenvalue weighted by atomic mass is 9.84. The molecule has 0 N–H and O–H groups in total. The molecule has 0 bridgehead atoms. The molecule has 0 saturated carbocycles. The van der Waals surface area contributed by atoms with Gasteiger partial charge in [0, 0.05) is 10.8 Å². The second-order valence-corrected chi connectivity index (χ2v) is 6.17. The van der Waals surface area contributed by atoms with Crippen LogP contribution >= 0.6 is 0 Å². The van der Waals surface area contributed by atoms with E-state index in [-0.39, 0.29) is 10.8 Å². The third-order valence-electron chi connectivity index (χ3n) is 4.96. The van der Waals surface area contributed by atoms with E-state index in [2.05, 4.69) is 26.0 Å². The Hall–Kier alpha value is -0.420. The van der Waals surface area contributed by atoms with Gasteiger partial charge in [0.1, 0.15) is 0 Å². The van der Waals surface area contributed by atoms with Crippen molar-refractivity contribution in [2.24, 2.45) is 10.8 Å². The van der Waals surface area contributed by atoms with Gasteiger partial charge in [-0.25, -0.2) is 0 Å². The lowest BCUT2D eigenvalue weighted by Gasteiger charge is -2.48. The molecule has 4 heteroatoms. The van der Waals surface area contributed by atoms with Crippen molar-refractivity contribution in [3.05, 3.63) is 12.2 Å². The van der Waals surface area contributed by atoms with Crippen molar-refractivity contribution < 1.29 is 18.9 Å². The van der Waals surface area contributed by atoms with Crippen LogP contribution in [0.5, 0.6) is 0 Å². The molecule has 2 aliphatic heterocycles. The second-order valence-electron chi connectivity index (χ2n) is 6.17. The van der Waals surface area contributed by atoms with E-state index < -0.39 is 6.16 Å². The summed E-state index contributed by atoms with van der Waals surface area (Å²) in [5.74, 6) is 0. The van der Waals surface area contributed by atoms with Crippen LogP contribution in [0, 0.1) is 10.8 Å². The Kier molecular flexibility index (Phi) is 3.46. The molecule has 0 aromatic heterocycles. The van der Waals surface area contributed by atoms with E-state index in [0.29, 0.717) is 26.4 Å². The molecule has 0 radical (unpaired) electrons. The Morgan fingerprint density at radius 3 is 1.95 bits per heavy atom. The van der Waals surface area contributed by atoms with E-state index in [1.165, 1.54) is 0 Å². The smallest absolute Gasteiger partial charge is 0.303 e. The lowest BCUT2D eigenvalue weighted by Crippen LogP contribution is -2.57. The number of rotatable bonds is 2. The van der Waals surface area contributed by atoms with Crippen LogP contribution in [-0.2, 0) is 18.9 Å². The molecule has 0 amide bonds. The van der Waals surface area contributed by atoms with Crippen LogP contribution < -0.4 is 0 Å². The fourth-order valence-corrected chi connectivity index (χ4v) is 2.97. The molecule has 2 fully saturated rings. The average molecular weight is 268 g/mol. The standard InChI is InChI=1S/C15H24O4/c1-3-13(4-2)9-16-15(17-10-13)18-11-14(12-19-15)7-5-6-8-14/h5,7H,3-4,6,8-12H2,1-2H3. The summed E-state index contributed by atoms with van der Waals surface area (Å²) in [4.78, 5) is 0. The predicted molar refractivity (Wildman–Crippen MR) is 70.4 cm³/mol. The third-order valence-corrected chi connectivity index (χ3v) is 4.96. The van der Waals surface area contributed by atoms with E-state index in [0.717, 1.165) is 25.7 Å². The highest BCUT2D eigenvalue weighted by Gasteiger charge is 2.51. The third kappa shape index (κ3) is 2.35. The molecule has 1 aliphatic carbocycles. The minimum Gasteiger partial charge on any atom is -0.303 e. The van der Waals surface area contributed by atoms with Gasteiger partial charge in [-0.2, -0.15) is 0 Å². The maximum atomic E-state index is 5.82. The Morgan fingerprint density at radius 1 is 0.895 bits per heavy atom. The minimum absolute atomic E-state index is 0.0437. The van der Waals surface area contributed by atoms with Gasteiger partial charge >= 0.3 is 6.16 Å². The highest BCUT2D eigenvalue weighted by molar-refractivity contribution is 5.08. The SMILES string of the molecule is CCC1(CC)COC2(OCC3(C=CCC3)CO2)OC1. The minimum atomic E-state index is -1.24. The Morgan fingerprint density at radius 2 is 1.47 bits per heavy atom. The summed E-state index contributed by atoms with van der Waals surface area (Å²) in [7, 11) is 0. The second kappa shape index (κ2) is 4.85. The van der Waals surface area contributed by atoms with Gasteiger partial charge in [0.05, 0.1) is 26.4 Å². The Balaban J connectivity index is 1.61. The van der Waals surface area contributed by atoms with Gasteiger partial charge in [-0.15, -0.1) is 0 Å². The summed E-state index contributed by atoms with van der Waals surface area (Å²) in [6.45, 7) is 6.87. The predicted octanol–water partition coefficient (Wildman–Crippen LogP) is 2.83. The molecule has 2 saturated heterocycles. The highest BCUT2D eigenvalue weighted by atomic mass is 17.0. The molecule has 0 aromatic rings. The molecule has 0 unspecified atom stereocenters. The molecule has 108 valence electrons. The monoisotopic (exact) mass is 268 g/mol. The number of hydrogen-bond donors (Lipinski definition) is 0. The first-order valence-electron chi connectivity index (χ1n) is 7.39.